The van der Waals surface area contributed by atoms with Gasteiger partial charge in [0.05, 0.1) is 12.2 Å². The molecule has 0 saturated heterocycles. The molecule has 0 saturated carbocycles. The van der Waals surface area contributed by atoms with Gasteiger partial charge in [-0.25, -0.2) is 13.2 Å². The van der Waals surface area contributed by atoms with E-state index in [1.54, 1.807) is 24.3 Å². The summed E-state index contributed by atoms with van der Waals surface area (Å²) in [6.45, 7) is 0.372. The van der Waals surface area contributed by atoms with Crippen molar-refractivity contribution >= 4 is 33.0 Å². The molecular weight excluding hydrogens is 314 g/mol. The highest BCUT2D eigenvalue weighted by Gasteiger charge is 2.33. The summed E-state index contributed by atoms with van der Waals surface area (Å²) in [5.74, 6) is -0.774. The lowest BCUT2D eigenvalue weighted by Crippen LogP contribution is -2.38. The minimum absolute atomic E-state index is 0.147. The third-order valence-corrected chi connectivity index (χ3v) is 5.96. The summed E-state index contributed by atoms with van der Waals surface area (Å²) in [6.07, 6.45) is 0. The van der Waals surface area contributed by atoms with Crippen LogP contribution >= 0.6 is 11.3 Å². The van der Waals surface area contributed by atoms with Gasteiger partial charge in [0.15, 0.2) is 0 Å². The molecule has 1 aromatic heterocycles. The second-order valence-corrected chi connectivity index (χ2v) is 7.06. The van der Waals surface area contributed by atoms with E-state index in [4.69, 9.17) is 9.84 Å². The van der Waals surface area contributed by atoms with E-state index in [1.165, 1.54) is 15.8 Å². The fraction of sp³-hybridized carbons (Fsp3) is 0.154. The van der Waals surface area contributed by atoms with Crippen molar-refractivity contribution < 1.29 is 23.1 Å². The molecule has 0 unspecified atom stereocenters. The van der Waals surface area contributed by atoms with Gasteiger partial charge in [-0.1, -0.05) is 12.1 Å². The minimum atomic E-state index is -3.92. The minimum Gasteiger partial charge on any atom is -0.489 e. The molecule has 0 radical (unpaired) electrons. The molecule has 2 aromatic rings. The lowest BCUT2D eigenvalue weighted by atomic mass is 10.2. The largest absolute Gasteiger partial charge is 0.489 e. The number of para-hydroxylation sites is 2. The summed E-state index contributed by atoms with van der Waals surface area (Å²) in [7, 11) is -3.92. The molecule has 0 bridgehead atoms. The maximum Gasteiger partial charge on any atom is 0.347 e. The quantitative estimate of drug-likeness (QED) is 0.933. The van der Waals surface area contributed by atoms with Crippen molar-refractivity contribution in [3.8, 4) is 5.75 Å². The Bertz CT molecular complexity index is 796. The highest BCUT2D eigenvalue weighted by atomic mass is 32.2. The summed E-state index contributed by atoms with van der Waals surface area (Å²) < 4.78 is 32.1. The number of carbonyl (C=O) groups is 1. The van der Waals surface area contributed by atoms with E-state index in [0.717, 1.165) is 11.3 Å². The molecule has 0 spiro atoms. The van der Waals surface area contributed by atoms with Crippen LogP contribution in [0.5, 0.6) is 5.75 Å². The molecule has 1 aliphatic heterocycles. The second-order valence-electron chi connectivity index (χ2n) is 4.31. The number of thiophene rings is 1. The number of benzene rings is 1. The number of anilines is 1. The van der Waals surface area contributed by atoms with Crippen LogP contribution in [0.1, 0.15) is 9.67 Å². The van der Waals surface area contributed by atoms with Crippen LogP contribution in [0.15, 0.2) is 40.6 Å². The van der Waals surface area contributed by atoms with Crippen LogP contribution in [0.25, 0.3) is 0 Å². The molecule has 0 fully saturated rings. The Morgan fingerprint density at radius 3 is 2.81 bits per heavy atom. The van der Waals surface area contributed by atoms with E-state index in [1.807, 2.05) is 0 Å². The highest BCUT2D eigenvalue weighted by Crippen LogP contribution is 2.36. The Hall–Kier alpha value is -2.06. The summed E-state index contributed by atoms with van der Waals surface area (Å²) in [4.78, 5) is 10.8. The number of aromatic carboxylic acids is 1. The third-order valence-electron chi connectivity index (χ3n) is 3.08. The molecule has 0 aliphatic carbocycles. The van der Waals surface area contributed by atoms with Crippen LogP contribution < -0.4 is 9.04 Å². The van der Waals surface area contributed by atoms with Crippen LogP contribution in [0, 0.1) is 0 Å². The van der Waals surface area contributed by atoms with E-state index in [9.17, 15) is 13.2 Å². The maximum atomic E-state index is 12.8. The van der Waals surface area contributed by atoms with Crippen molar-refractivity contribution in [2.75, 3.05) is 17.5 Å². The monoisotopic (exact) mass is 325 g/mol. The topological polar surface area (TPSA) is 83.9 Å². The summed E-state index contributed by atoms with van der Waals surface area (Å²) in [6, 6.07) is 8.10. The SMILES string of the molecule is O=C(O)c1sccc1S(=O)(=O)N1CCOc2ccccc21. The van der Waals surface area contributed by atoms with Gasteiger partial charge in [-0.2, -0.15) is 0 Å². The Kier molecular flexibility index (Phi) is 3.34. The van der Waals surface area contributed by atoms with Crippen molar-refractivity contribution in [1.82, 2.24) is 0 Å². The van der Waals surface area contributed by atoms with Gasteiger partial charge in [0.2, 0.25) is 0 Å². The Morgan fingerprint density at radius 1 is 1.29 bits per heavy atom. The van der Waals surface area contributed by atoms with Gasteiger partial charge in [0, 0.05) is 0 Å². The molecule has 1 aliphatic rings. The lowest BCUT2D eigenvalue weighted by molar-refractivity contribution is 0.0698. The number of carboxylic acid groups (broad SMARTS) is 1. The van der Waals surface area contributed by atoms with E-state index < -0.39 is 16.0 Å². The van der Waals surface area contributed by atoms with Gasteiger partial charge < -0.3 is 9.84 Å². The predicted molar refractivity (Wildman–Crippen MR) is 77.7 cm³/mol. The van der Waals surface area contributed by atoms with Crippen LogP contribution in [-0.4, -0.2) is 32.6 Å². The Balaban J connectivity index is 2.12. The fourth-order valence-corrected chi connectivity index (χ4v) is 4.86. The van der Waals surface area contributed by atoms with E-state index in [0.29, 0.717) is 11.4 Å². The normalized spacial score (nSPS) is 14.4. The molecule has 0 atom stereocenters. The van der Waals surface area contributed by atoms with Crippen LogP contribution in [-0.2, 0) is 10.0 Å². The van der Waals surface area contributed by atoms with Gasteiger partial charge in [0.1, 0.15) is 22.1 Å². The van der Waals surface area contributed by atoms with Gasteiger partial charge >= 0.3 is 5.97 Å². The smallest absolute Gasteiger partial charge is 0.347 e. The first-order chi connectivity index (χ1) is 10.0. The van der Waals surface area contributed by atoms with E-state index in [2.05, 4.69) is 0 Å². The van der Waals surface area contributed by atoms with Gasteiger partial charge in [0.25, 0.3) is 10.0 Å². The number of ether oxygens (including phenoxy) is 1. The lowest BCUT2D eigenvalue weighted by Gasteiger charge is -2.30. The van der Waals surface area contributed by atoms with Crippen molar-refractivity contribution in [2.45, 2.75) is 4.90 Å². The number of hydrogen-bond acceptors (Lipinski definition) is 5. The molecule has 1 N–H and O–H groups in total. The number of carboxylic acids is 1. The van der Waals surface area contributed by atoms with Crippen molar-refractivity contribution in [2.24, 2.45) is 0 Å². The first kappa shape index (κ1) is 13.9. The highest BCUT2D eigenvalue weighted by molar-refractivity contribution is 7.93. The van der Waals surface area contributed by atoms with Crippen molar-refractivity contribution in [3.05, 3.63) is 40.6 Å². The predicted octanol–water partition coefficient (Wildman–Crippen LogP) is 2.03. The maximum absolute atomic E-state index is 12.8. The number of fused-ring (bicyclic) bond motifs is 1. The summed E-state index contributed by atoms with van der Waals surface area (Å²) in [5, 5.41) is 10.6. The first-order valence-corrected chi connectivity index (χ1v) is 8.39. The molecule has 110 valence electrons. The zero-order valence-electron chi connectivity index (χ0n) is 10.7. The third kappa shape index (κ3) is 2.26. The Labute approximate surface area is 125 Å². The summed E-state index contributed by atoms with van der Waals surface area (Å²) >= 11 is 0.893. The molecule has 8 heteroatoms. The molecule has 1 aromatic carbocycles. The molecule has 3 rings (SSSR count). The zero-order valence-corrected chi connectivity index (χ0v) is 12.4. The van der Waals surface area contributed by atoms with Crippen LogP contribution in [0.4, 0.5) is 5.69 Å². The van der Waals surface area contributed by atoms with Gasteiger partial charge in [-0.3, -0.25) is 4.31 Å². The van der Waals surface area contributed by atoms with Gasteiger partial charge in [-0.15, -0.1) is 11.3 Å². The van der Waals surface area contributed by atoms with Crippen molar-refractivity contribution in [3.63, 3.8) is 0 Å². The fourth-order valence-electron chi connectivity index (χ4n) is 2.17. The number of nitrogens with zero attached hydrogens (tertiary/aromatic N) is 1. The molecule has 0 amide bonds. The second kappa shape index (κ2) is 5.05. The molecule has 6 nitrogen and oxygen atoms in total. The number of hydrogen-bond donors (Lipinski definition) is 1. The molecular formula is C13H11NO5S2. The first-order valence-electron chi connectivity index (χ1n) is 6.07. The standard InChI is InChI=1S/C13H11NO5S2/c15-13(16)12-11(5-8-20-12)21(17,18)14-6-7-19-10-4-2-1-3-9(10)14/h1-5,8H,6-7H2,(H,15,16). The summed E-state index contributed by atoms with van der Waals surface area (Å²) in [5.41, 5.74) is 0.422. The van der Waals surface area contributed by atoms with Gasteiger partial charge in [-0.05, 0) is 23.6 Å². The number of rotatable bonds is 3. The molecule has 21 heavy (non-hydrogen) atoms. The average Bonchev–Trinajstić information content (AvgIpc) is 2.97. The van der Waals surface area contributed by atoms with Crippen LogP contribution in [0.3, 0.4) is 0 Å². The molecule has 2 heterocycles. The Morgan fingerprint density at radius 2 is 2.05 bits per heavy atom. The zero-order chi connectivity index (χ0) is 15.0. The van der Waals surface area contributed by atoms with Crippen molar-refractivity contribution in [1.29, 1.82) is 0 Å². The average molecular weight is 325 g/mol. The van der Waals surface area contributed by atoms with E-state index in [-0.39, 0.29) is 22.9 Å². The number of sulfonamides is 1. The van der Waals surface area contributed by atoms with Crippen LogP contribution in [0.2, 0.25) is 0 Å². The van der Waals surface area contributed by atoms with E-state index >= 15 is 0 Å².